The highest BCUT2D eigenvalue weighted by molar-refractivity contribution is 5.71. The summed E-state index contributed by atoms with van der Waals surface area (Å²) in [6.45, 7) is 6.47. The summed E-state index contributed by atoms with van der Waals surface area (Å²) < 4.78 is 16.7. The molecule has 340 valence electrons. The Morgan fingerprint density at radius 3 is 1.07 bits per heavy atom. The molecule has 0 fully saturated rings. The Morgan fingerprint density at radius 2 is 0.661 bits per heavy atom. The number of allylic oxidation sites excluding steroid dienone is 10. The minimum absolute atomic E-state index is 0.0840. The van der Waals surface area contributed by atoms with E-state index in [9.17, 15) is 14.4 Å². The number of carbonyl (C=O) groups excluding carboxylic acids is 3. The molecule has 0 heterocycles. The molecule has 1 unspecified atom stereocenters. The summed E-state index contributed by atoms with van der Waals surface area (Å²) in [7, 11) is 0. The van der Waals surface area contributed by atoms with Gasteiger partial charge in [0.2, 0.25) is 0 Å². The van der Waals surface area contributed by atoms with Crippen LogP contribution in [0.15, 0.2) is 60.8 Å². The summed E-state index contributed by atoms with van der Waals surface area (Å²) in [5, 5.41) is 0. The third-order valence-electron chi connectivity index (χ3n) is 10.5. The predicted molar refractivity (Wildman–Crippen MR) is 251 cm³/mol. The summed E-state index contributed by atoms with van der Waals surface area (Å²) in [4.78, 5) is 37.9. The van der Waals surface area contributed by atoms with Crippen molar-refractivity contribution in [3.8, 4) is 0 Å². The molecule has 0 aliphatic carbocycles. The van der Waals surface area contributed by atoms with Gasteiger partial charge in [-0.2, -0.15) is 0 Å². The second kappa shape index (κ2) is 47.8. The Bertz CT molecular complexity index is 1090. The van der Waals surface area contributed by atoms with Gasteiger partial charge in [-0.25, -0.2) is 0 Å². The van der Waals surface area contributed by atoms with Crippen LogP contribution in [0, 0.1) is 0 Å². The minimum atomic E-state index is -0.785. The second-order valence-electron chi connectivity index (χ2n) is 16.3. The number of hydrogen-bond acceptors (Lipinski definition) is 6. The van der Waals surface area contributed by atoms with Crippen molar-refractivity contribution in [2.45, 2.75) is 245 Å². The summed E-state index contributed by atoms with van der Waals surface area (Å²) >= 11 is 0. The van der Waals surface area contributed by atoms with E-state index in [1.165, 1.54) is 89.9 Å². The van der Waals surface area contributed by atoms with Gasteiger partial charge in [0.25, 0.3) is 0 Å². The van der Waals surface area contributed by atoms with Crippen molar-refractivity contribution in [1.29, 1.82) is 0 Å². The zero-order valence-electron chi connectivity index (χ0n) is 38.8. The summed E-state index contributed by atoms with van der Waals surface area (Å²) in [5.74, 6) is -0.916. The fourth-order valence-electron chi connectivity index (χ4n) is 6.78. The zero-order valence-corrected chi connectivity index (χ0v) is 38.8. The average molecular weight is 825 g/mol. The van der Waals surface area contributed by atoms with E-state index in [4.69, 9.17) is 14.2 Å². The molecule has 0 aliphatic heterocycles. The van der Waals surface area contributed by atoms with Gasteiger partial charge in [0.05, 0.1) is 0 Å². The molecule has 0 rings (SSSR count). The van der Waals surface area contributed by atoms with Crippen molar-refractivity contribution in [3.63, 3.8) is 0 Å². The van der Waals surface area contributed by atoms with E-state index >= 15 is 0 Å². The van der Waals surface area contributed by atoms with Crippen molar-refractivity contribution in [2.24, 2.45) is 0 Å². The highest BCUT2D eigenvalue weighted by Crippen LogP contribution is 2.14. The maximum atomic E-state index is 12.8. The molecule has 0 amide bonds. The molecular weight excluding hydrogens is 733 g/mol. The van der Waals surface area contributed by atoms with Gasteiger partial charge in [-0.15, -0.1) is 0 Å². The van der Waals surface area contributed by atoms with Crippen molar-refractivity contribution < 1.29 is 28.6 Å². The van der Waals surface area contributed by atoms with Crippen LogP contribution >= 0.6 is 0 Å². The molecule has 6 nitrogen and oxygen atoms in total. The van der Waals surface area contributed by atoms with Crippen LogP contribution in [-0.2, 0) is 28.6 Å². The van der Waals surface area contributed by atoms with Gasteiger partial charge in [0.1, 0.15) is 13.2 Å². The first-order valence-electron chi connectivity index (χ1n) is 24.8. The molecule has 0 aliphatic rings. The molecule has 0 aromatic carbocycles. The molecular formula is C53H92O6. The van der Waals surface area contributed by atoms with Gasteiger partial charge in [-0.05, 0) is 83.5 Å². The molecule has 0 saturated carbocycles. The fraction of sp³-hybridized carbons (Fsp3) is 0.755. The smallest absolute Gasteiger partial charge is 0.306 e. The van der Waals surface area contributed by atoms with Gasteiger partial charge in [0.15, 0.2) is 6.10 Å². The fourth-order valence-corrected chi connectivity index (χ4v) is 6.78. The standard InChI is InChI=1S/C53H92O6/c1-4-7-10-13-16-19-22-24-25-26-27-29-31-34-37-40-43-46-52(55)58-49-50(48-57-51(54)45-42-39-36-33-30-21-18-15-12-9-6-3)59-53(56)47-44-41-38-35-32-28-23-20-17-14-11-8-5-2/h7,10,16,19-20,23-25,27,29,50H,4-6,8-9,11-15,17-18,21-22,26,28,30-49H2,1-3H3/b10-7-,19-16-,23-20-,25-24-,29-27-. The Kier molecular flexibility index (Phi) is 45.4. The quantitative estimate of drug-likeness (QED) is 0.0263. The van der Waals surface area contributed by atoms with Gasteiger partial charge in [-0.1, -0.05) is 197 Å². The average Bonchev–Trinajstić information content (AvgIpc) is 3.23. The first kappa shape index (κ1) is 56.1. The van der Waals surface area contributed by atoms with Crippen LogP contribution in [0.25, 0.3) is 0 Å². The van der Waals surface area contributed by atoms with Crippen molar-refractivity contribution in [3.05, 3.63) is 60.8 Å². The van der Waals surface area contributed by atoms with Gasteiger partial charge in [0, 0.05) is 19.3 Å². The minimum Gasteiger partial charge on any atom is -0.462 e. The van der Waals surface area contributed by atoms with Crippen LogP contribution < -0.4 is 0 Å². The van der Waals surface area contributed by atoms with E-state index in [1.807, 2.05) is 0 Å². The number of hydrogen-bond donors (Lipinski definition) is 0. The molecule has 0 N–H and O–H groups in total. The molecule has 1 atom stereocenters. The third kappa shape index (κ3) is 46.0. The van der Waals surface area contributed by atoms with Crippen molar-refractivity contribution in [2.75, 3.05) is 13.2 Å². The van der Waals surface area contributed by atoms with Crippen molar-refractivity contribution in [1.82, 2.24) is 0 Å². The number of ether oxygens (including phenoxy) is 3. The molecule has 6 heteroatoms. The lowest BCUT2D eigenvalue weighted by Gasteiger charge is -2.18. The van der Waals surface area contributed by atoms with Crippen LogP contribution in [0.4, 0.5) is 0 Å². The van der Waals surface area contributed by atoms with Crippen LogP contribution in [0.3, 0.4) is 0 Å². The lowest BCUT2D eigenvalue weighted by Crippen LogP contribution is -2.30. The van der Waals surface area contributed by atoms with Crippen LogP contribution in [0.1, 0.15) is 239 Å². The van der Waals surface area contributed by atoms with Gasteiger partial charge < -0.3 is 14.2 Å². The Balaban J connectivity index is 4.41. The zero-order chi connectivity index (χ0) is 43.0. The van der Waals surface area contributed by atoms with Crippen LogP contribution in [0.2, 0.25) is 0 Å². The van der Waals surface area contributed by atoms with Crippen molar-refractivity contribution >= 4 is 17.9 Å². The number of unbranched alkanes of at least 4 members (excludes halogenated alkanes) is 23. The third-order valence-corrected chi connectivity index (χ3v) is 10.5. The molecule has 0 bridgehead atoms. The van der Waals surface area contributed by atoms with Gasteiger partial charge >= 0.3 is 17.9 Å². The monoisotopic (exact) mass is 825 g/mol. The van der Waals surface area contributed by atoms with E-state index in [1.54, 1.807) is 0 Å². The lowest BCUT2D eigenvalue weighted by atomic mass is 10.1. The summed E-state index contributed by atoms with van der Waals surface area (Å²) in [6, 6.07) is 0. The van der Waals surface area contributed by atoms with E-state index in [-0.39, 0.29) is 31.1 Å². The first-order valence-corrected chi connectivity index (χ1v) is 24.8. The lowest BCUT2D eigenvalue weighted by molar-refractivity contribution is -0.167. The van der Waals surface area contributed by atoms with Crippen LogP contribution in [0.5, 0.6) is 0 Å². The summed E-state index contributed by atoms with van der Waals surface area (Å²) in [5.41, 5.74) is 0. The first-order chi connectivity index (χ1) is 29.0. The van der Waals surface area contributed by atoms with Gasteiger partial charge in [-0.3, -0.25) is 14.4 Å². The second-order valence-corrected chi connectivity index (χ2v) is 16.3. The molecule has 0 spiro atoms. The number of rotatable bonds is 44. The normalized spacial score (nSPS) is 12.5. The molecule has 0 aromatic heterocycles. The topological polar surface area (TPSA) is 78.9 Å². The Hall–Kier alpha value is -2.89. The Labute approximate surface area is 364 Å². The number of esters is 3. The Morgan fingerprint density at radius 1 is 0.356 bits per heavy atom. The number of carbonyl (C=O) groups is 3. The highest BCUT2D eigenvalue weighted by atomic mass is 16.6. The molecule has 0 aromatic rings. The SMILES string of the molecule is CC/C=C\C/C=C\C/C=C\C/C=C\CCCCCCC(=O)OCC(COC(=O)CCCCCCCCCCCCC)OC(=O)CCCCCCC/C=C\CCCCCC. The molecule has 59 heavy (non-hydrogen) atoms. The summed E-state index contributed by atoms with van der Waals surface area (Å²) in [6.07, 6.45) is 57.7. The molecule has 0 saturated heterocycles. The van der Waals surface area contributed by atoms with E-state index in [0.29, 0.717) is 19.3 Å². The molecule has 0 radical (unpaired) electrons. The predicted octanol–water partition coefficient (Wildman–Crippen LogP) is 16.1. The maximum Gasteiger partial charge on any atom is 0.306 e. The van der Waals surface area contributed by atoms with E-state index in [2.05, 4.69) is 81.5 Å². The highest BCUT2D eigenvalue weighted by Gasteiger charge is 2.19. The van der Waals surface area contributed by atoms with E-state index in [0.717, 1.165) is 109 Å². The van der Waals surface area contributed by atoms with E-state index < -0.39 is 6.10 Å². The largest absolute Gasteiger partial charge is 0.462 e. The van der Waals surface area contributed by atoms with Crippen LogP contribution in [-0.4, -0.2) is 37.2 Å². The maximum absolute atomic E-state index is 12.8.